The van der Waals surface area contributed by atoms with Crippen LogP contribution in [0.15, 0.2) is 158 Å². The molecule has 0 radical (unpaired) electrons. The molecule has 0 spiro atoms. The minimum atomic E-state index is 0.802. The molecule has 0 unspecified atom stereocenters. The van der Waals surface area contributed by atoms with Crippen LogP contribution in [0.2, 0.25) is 0 Å². The van der Waals surface area contributed by atoms with E-state index in [0.717, 1.165) is 62.5 Å². The Morgan fingerprint density at radius 1 is 0.480 bits per heavy atom. The molecule has 0 saturated heterocycles. The molecule has 0 amide bonds. The van der Waals surface area contributed by atoms with E-state index < -0.39 is 0 Å². The number of rotatable bonds is 5. The first-order valence-electron chi connectivity index (χ1n) is 16.8. The summed E-state index contributed by atoms with van der Waals surface area (Å²) in [5, 5.41) is 7.01. The second kappa shape index (κ2) is 11.4. The highest BCUT2D eigenvalue weighted by Crippen LogP contribution is 2.34. The summed E-state index contributed by atoms with van der Waals surface area (Å²) in [6, 6.07) is 44.9. The molecule has 5 aromatic heterocycles. The third-order valence-corrected chi connectivity index (χ3v) is 9.83. The fraction of sp³-hybridized carbons (Fsp3) is 0.0227. The molecule has 1 aliphatic heterocycles. The van der Waals surface area contributed by atoms with Gasteiger partial charge in [-0.2, -0.15) is 0 Å². The fourth-order valence-corrected chi connectivity index (χ4v) is 7.40. The highest BCUT2D eigenvalue weighted by Gasteiger charge is 2.18. The van der Waals surface area contributed by atoms with Crippen molar-refractivity contribution in [3.8, 4) is 45.0 Å². The first-order valence-corrected chi connectivity index (χ1v) is 16.8. The third-order valence-electron chi connectivity index (χ3n) is 9.83. The summed E-state index contributed by atoms with van der Waals surface area (Å²) in [5.41, 5.74) is 14.4. The average Bonchev–Trinajstić information content (AvgIpc) is 3.71. The lowest BCUT2D eigenvalue weighted by Gasteiger charge is -2.15. The summed E-state index contributed by atoms with van der Waals surface area (Å²) in [4.78, 5) is 14.0. The van der Waals surface area contributed by atoms with E-state index in [-0.39, 0.29) is 0 Å². The van der Waals surface area contributed by atoms with Crippen molar-refractivity contribution in [1.82, 2.24) is 29.4 Å². The van der Waals surface area contributed by atoms with E-state index >= 15 is 0 Å². The van der Waals surface area contributed by atoms with Crippen molar-refractivity contribution in [3.63, 3.8) is 0 Å². The number of hydrogen-bond donors (Lipinski definition) is 1. The van der Waals surface area contributed by atoms with Crippen molar-refractivity contribution >= 4 is 38.8 Å². The van der Waals surface area contributed by atoms with Crippen LogP contribution in [0.5, 0.6) is 0 Å². The molecule has 236 valence electrons. The Balaban J connectivity index is 0.887. The van der Waals surface area contributed by atoms with Crippen LogP contribution < -0.4 is 5.32 Å². The smallest absolute Gasteiger partial charge is 0.0886 e. The van der Waals surface area contributed by atoms with Crippen LogP contribution in [-0.2, 0) is 6.54 Å². The van der Waals surface area contributed by atoms with Crippen molar-refractivity contribution in [2.45, 2.75) is 6.54 Å². The predicted molar refractivity (Wildman–Crippen MR) is 203 cm³/mol. The SMILES string of the molecule is C1=Cc2c(n(-c3ccc(-c4ccc(-c5ccc(-c6ccc(-n7c8ccccc8c8cnccc87)cc6)cn5)nc4)cc3)c3ccccc23)CN1. The molecule has 0 aliphatic carbocycles. The van der Waals surface area contributed by atoms with Gasteiger partial charge in [-0.25, -0.2) is 0 Å². The molecule has 0 saturated carbocycles. The highest BCUT2D eigenvalue weighted by atomic mass is 15.0. The topological polar surface area (TPSA) is 60.6 Å². The van der Waals surface area contributed by atoms with Crippen LogP contribution in [0, 0.1) is 0 Å². The van der Waals surface area contributed by atoms with Crippen LogP contribution in [0.3, 0.4) is 0 Å². The molecule has 10 rings (SSSR count). The summed E-state index contributed by atoms with van der Waals surface area (Å²) in [6.07, 6.45) is 11.9. The molecule has 0 bridgehead atoms. The minimum absolute atomic E-state index is 0.802. The van der Waals surface area contributed by atoms with Gasteiger partial charge >= 0.3 is 0 Å². The molecule has 0 atom stereocenters. The Morgan fingerprint density at radius 3 is 1.68 bits per heavy atom. The van der Waals surface area contributed by atoms with Gasteiger partial charge in [0, 0.05) is 69.0 Å². The second-order valence-corrected chi connectivity index (χ2v) is 12.6. The van der Waals surface area contributed by atoms with Crippen molar-refractivity contribution in [1.29, 1.82) is 0 Å². The summed E-state index contributed by atoms with van der Waals surface area (Å²) >= 11 is 0. The maximum absolute atomic E-state index is 4.80. The molecule has 6 heterocycles. The first kappa shape index (κ1) is 28.2. The quantitative estimate of drug-likeness (QED) is 0.203. The lowest BCUT2D eigenvalue weighted by Crippen LogP contribution is -2.13. The van der Waals surface area contributed by atoms with Gasteiger partial charge in [0.15, 0.2) is 0 Å². The van der Waals surface area contributed by atoms with Gasteiger partial charge in [0.1, 0.15) is 0 Å². The zero-order valence-corrected chi connectivity index (χ0v) is 27.0. The van der Waals surface area contributed by atoms with Gasteiger partial charge in [-0.1, -0.05) is 72.8 Å². The number of nitrogens with zero attached hydrogens (tertiary/aromatic N) is 5. The van der Waals surface area contributed by atoms with E-state index in [1.54, 1.807) is 0 Å². The summed E-state index contributed by atoms with van der Waals surface area (Å²) in [7, 11) is 0. The van der Waals surface area contributed by atoms with E-state index in [0.29, 0.717) is 0 Å². The fourth-order valence-electron chi connectivity index (χ4n) is 7.40. The number of aromatic nitrogens is 5. The Hall–Kier alpha value is -6.79. The number of para-hydroxylation sites is 2. The van der Waals surface area contributed by atoms with Gasteiger partial charge in [-0.15, -0.1) is 0 Å². The highest BCUT2D eigenvalue weighted by molar-refractivity contribution is 6.08. The summed E-state index contributed by atoms with van der Waals surface area (Å²) in [5.74, 6) is 0. The normalized spacial score (nSPS) is 12.4. The van der Waals surface area contributed by atoms with Gasteiger partial charge in [0.05, 0.1) is 40.2 Å². The lowest BCUT2D eigenvalue weighted by atomic mass is 10.1. The van der Waals surface area contributed by atoms with Crippen LogP contribution in [-0.4, -0.2) is 24.1 Å². The van der Waals surface area contributed by atoms with E-state index in [2.05, 4.69) is 147 Å². The van der Waals surface area contributed by atoms with Crippen LogP contribution in [0.4, 0.5) is 0 Å². The zero-order chi connectivity index (χ0) is 33.0. The molecule has 4 aromatic carbocycles. The minimum Gasteiger partial charge on any atom is -0.385 e. The first-order chi connectivity index (χ1) is 24.8. The van der Waals surface area contributed by atoms with Gasteiger partial charge in [-0.3, -0.25) is 15.0 Å². The van der Waals surface area contributed by atoms with Gasteiger partial charge < -0.3 is 14.5 Å². The molecule has 9 aromatic rings. The van der Waals surface area contributed by atoms with E-state index in [9.17, 15) is 0 Å². The van der Waals surface area contributed by atoms with Gasteiger partial charge in [0.25, 0.3) is 0 Å². The van der Waals surface area contributed by atoms with E-state index in [4.69, 9.17) is 9.97 Å². The molecular weight excluding hydrogens is 613 g/mol. The predicted octanol–water partition coefficient (Wildman–Crippen LogP) is 9.99. The largest absolute Gasteiger partial charge is 0.385 e. The van der Waals surface area contributed by atoms with E-state index in [1.165, 1.54) is 33.1 Å². The molecule has 6 nitrogen and oxygen atoms in total. The number of fused-ring (bicyclic) bond motifs is 6. The van der Waals surface area contributed by atoms with Crippen LogP contribution in [0.25, 0.3) is 83.8 Å². The number of pyridine rings is 3. The second-order valence-electron chi connectivity index (χ2n) is 12.6. The summed E-state index contributed by atoms with van der Waals surface area (Å²) < 4.78 is 4.66. The van der Waals surface area contributed by atoms with Gasteiger partial charge in [0.2, 0.25) is 0 Å². The maximum Gasteiger partial charge on any atom is 0.0886 e. The lowest BCUT2D eigenvalue weighted by molar-refractivity contribution is 0.803. The standard InChI is InChI=1S/C44H30N6/c1-3-7-41-35(5-1)37-21-23-46-28-44(37)50(41)34-17-11-30(12-18-34)32-14-20-40(48-26-32)39-19-13-31(25-47-39)29-9-15-33(16-10-29)49-42-8-4-2-6-36(42)38-27-45-24-22-43(38)49/h1-27,46H,28H2. The van der Waals surface area contributed by atoms with Crippen molar-refractivity contribution in [2.24, 2.45) is 0 Å². The third kappa shape index (κ3) is 4.54. The molecule has 6 heteroatoms. The van der Waals surface area contributed by atoms with Crippen molar-refractivity contribution in [2.75, 3.05) is 0 Å². The molecular formula is C44H30N6. The number of benzene rings is 4. The molecule has 50 heavy (non-hydrogen) atoms. The Labute approximate surface area is 288 Å². The molecule has 1 aliphatic rings. The maximum atomic E-state index is 4.80. The Bertz CT molecular complexity index is 2660. The Kier molecular flexibility index (Phi) is 6.45. The number of hydrogen-bond acceptors (Lipinski definition) is 4. The monoisotopic (exact) mass is 642 g/mol. The Morgan fingerprint density at radius 2 is 1.04 bits per heavy atom. The van der Waals surface area contributed by atoms with Crippen LogP contribution >= 0.6 is 0 Å². The van der Waals surface area contributed by atoms with Gasteiger partial charge in [-0.05, 0) is 78.0 Å². The average molecular weight is 643 g/mol. The summed E-state index contributed by atoms with van der Waals surface area (Å²) in [6.45, 7) is 0.802. The van der Waals surface area contributed by atoms with Crippen molar-refractivity contribution < 1.29 is 0 Å². The zero-order valence-electron chi connectivity index (χ0n) is 27.0. The molecule has 0 fully saturated rings. The van der Waals surface area contributed by atoms with Crippen LogP contribution in [0.1, 0.15) is 11.3 Å². The van der Waals surface area contributed by atoms with Crippen molar-refractivity contribution in [3.05, 3.63) is 170 Å². The number of nitrogens with one attached hydrogen (secondary N) is 1. The molecule has 1 N–H and O–H groups in total. The van der Waals surface area contributed by atoms with E-state index in [1.807, 2.05) is 37.1 Å².